The first-order chi connectivity index (χ1) is 8.69. The lowest BCUT2D eigenvalue weighted by atomic mass is 10.3. The SMILES string of the molecule is CCn1ncnc1CNC(C)C(=O)NCCOC. The first-order valence-corrected chi connectivity index (χ1v) is 6.05. The average molecular weight is 255 g/mol. The second kappa shape index (κ2) is 7.78. The highest BCUT2D eigenvalue weighted by molar-refractivity contribution is 5.81. The standard InChI is InChI=1S/C11H21N5O2/c1-4-16-10(14-8-15-16)7-13-9(2)11(17)12-5-6-18-3/h8-9,13H,4-7H2,1-3H3,(H,12,17). The maximum atomic E-state index is 11.7. The van der Waals surface area contributed by atoms with Gasteiger partial charge in [-0.25, -0.2) is 9.67 Å². The molecule has 0 saturated heterocycles. The van der Waals surface area contributed by atoms with Gasteiger partial charge in [0, 0.05) is 20.2 Å². The molecular weight excluding hydrogens is 234 g/mol. The summed E-state index contributed by atoms with van der Waals surface area (Å²) < 4.78 is 6.66. The largest absolute Gasteiger partial charge is 0.383 e. The van der Waals surface area contributed by atoms with E-state index in [9.17, 15) is 4.79 Å². The average Bonchev–Trinajstić information content (AvgIpc) is 2.83. The number of ether oxygens (including phenoxy) is 1. The van der Waals surface area contributed by atoms with Crippen LogP contribution >= 0.6 is 0 Å². The Balaban J connectivity index is 2.32. The van der Waals surface area contributed by atoms with Gasteiger partial charge in [0.05, 0.1) is 19.2 Å². The Bertz CT molecular complexity index is 366. The van der Waals surface area contributed by atoms with Crippen molar-refractivity contribution in [3.8, 4) is 0 Å². The first kappa shape index (κ1) is 14.6. The number of hydrogen-bond acceptors (Lipinski definition) is 5. The van der Waals surface area contributed by atoms with Crippen molar-refractivity contribution < 1.29 is 9.53 Å². The molecule has 0 radical (unpaired) electrons. The van der Waals surface area contributed by atoms with E-state index in [1.54, 1.807) is 11.8 Å². The summed E-state index contributed by atoms with van der Waals surface area (Å²) in [6, 6.07) is -0.274. The molecule has 7 nitrogen and oxygen atoms in total. The number of rotatable bonds is 8. The van der Waals surface area contributed by atoms with Crippen molar-refractivity contribution in [1.29, 1.82) is 0 Å². The lowest BCUT2D eigenvalue weighted by Gasteiger charge is -2.13. The van der Waals surface area contributed by atoms with Gasteiger partial charge >= 0.3 is 0 Å². The molecule has 1 unspecified atom stereocenters. The minimum absolute atomic E-state index is 0.0467. The van der Waals surface area contributed by atoms with E-state index >= 15 is 0 Å². The summed E-state index contributed by atoms with van der Waals surface area (Å²) in [4.78, 5) is 15.8. The van der Waals surface area contributed by atoms with E-state index < -0.39 is 0 Å². The third kappa shape index (κ3) is 4.42. The number of carbonyl (C=O) groups excluding carboxylic acids is 1. The number of carbonyl (C=O) groups is 1. The maximum Gasteiger partial charge on any atom is 0.236 e. The molecule has 0 saturated carbocycles. The zero-order valence-corrected chi connectivity index (χ0v) is 11.1. The molecule has 0 aromatic carbocycles. The van der Waals surface area contributed by atoms with Gasteiger partial charge < -0.3 is 10.1 Å². The number of aromatic nitrogens is 3. The van der Waals surface area contributed by atoms with Crippen molar-refractivity contribution >= 4 is 5.91 Å². The third-order valence-corrected chi connectivity index (χ3v) is 2.56. The number of nitrogens with one attached hydrogen (secondary N) is 2. The summed E-state index contributed by atoms with van der Waals surface area (Å²) in [6.07, 6.45) is 1.52. The Labute approximate surface area is 107 Å². The van der Waals surface area contributed by atoms with Crippen molar-refractivity contribution in [2.75, 3.05) is 20.3 Å². The summed E-state index contributed by atoms with van der Waals surface area (Å²) in [5, 5.41) is 9.95. The van der Waals surface area contributed by atoms with Gasteiger partial charge in [0.15, 0.2) is 0 Å². The number of hydrogen-bond donors (Lipinski definition) is 2. The van der Waals surface area contributed by atoms with Crippen molar-refractivity contribution in [2.45, 2.75) is 33.0 Å². The van der Waals surface area contributed by atoms with E-state index in [-0.39, 0.29) is 11.9 Å². The monoisotopic (exact) mass is 255 g/mol. The highest BCUT2D eigenvalue weighted by atomic mass is 16.5. The number of aryl methyl sites for hydroxylation is 1. The minimum atomic E-state index is -0.274. The minimum Gasteiger partial charge on any atom is -0.383 e. The normalized spacial score (nSPS) is 12.4. The van der Waals surface area contributed by atoms with Crippen molar-refractivity contribution in [1.82, 2.24) is 25.4 Å². The molecule has 1 rings (SSSR count). The van der Waals surface area contributed by atoms with Gasteiger partial charge in [-0.2, -0.15) is 5.10 Å². The molecule has 0 fully saturated rings. The zero-order valence-electron chi connectivity index (χ0n) is 11.1. The van der Waals surface area contributed by atoms with Crippen LogP contribution in [0.15, 0.2) is 6.33 Å². The molecule has 7 heteroatoms. The van der Waals surface area contributed by atoms with E-state index in [1.807, 2.05) is 13.8 Å². The van der Waals surface area contributed by atoms with E-state index in [4.69, 9.17) is 4.74 Å². The third-order valence-electron chi connectivity index (χ3n) is 2.56. The summed E-state index contributed by atoms with van der Waals surface area (Å²) in [5.74, 6) is 0.781. The highest BCUT2D eigenvalue weighted by Gasteiger charge is 2.12. The molecule has 2 N–H and O–H groups in total. The van der Waals surface area contributed by atoms with E-state index in [0.717, 1.165) is 12.4 Å². The van der Waals surface area contributed by atoms with Gasteiger partial charge in [0.2, 0.25) is 5.91 Å². The summed E-state index contributed by atoms with van der Waals surface area (Å²) >= 11 is 0. The second-order valence-corrected chi connectivity index (χ2v) is 3.88. The number of methoxy groups -OCH3 is 1. The predicted octanol–water partition coefficient (Wildman–Crippen LogP) is -0.461. The Morgan fingerprint density at radius 1 is 1.61 bits per heavy atom. The summed E-state index contributed by atoms with van der Waals surface area (Å²) in [5.41, 5.74) is 0. The molecule has 1 aromatic rings. The van der Waals surface area contributed by atoms with Crippen LogP contribution in [-0.4, -0.2) is 47.0 Å². The van der Waals surface area contributed by atoms with Crippen LogP contribution < -0.4 is 10.6 Å². The molecule has 18 heavy (non-hydrogen) atoms. The maximum absolute atomic E-state index is 11.7. The van der Waals surface area contributed by atoms with Crippen LogP contribution in [-0.2, 0) is 22.6 Å². The first-order valence-electron chi connectivity index (χ1n) is 6.05. The predicted molar refractivity (Wildman–Crippen MR) is 66.9 cm³/mol. The molecule has 1 heterocycles. The van der Waals surface area contributed by atoms with Crippen molar-refractivity contribution in [2.24, 2.45) is 0 Å². The van der Waals surface area contributed by atoms with Crippen LogP contribution in [0.1, 0.15) is 19.7 Å². The van der Waals surface area contributed by atoms with Gasteiger partial charge in [-0.05, 0) is 13.8 Å². The molecule has 0 aliphatic carbocycles. The quantitative estimate of drug-likeness (QED) is 0.614. The fourth-order valence-electron chi connectivity index (χ4n) is 1.46. The van der Waals surface area contributed by atoms with Crippen LogP contribution in [0.4, 0.5) is 0 Å². The molecule has 102 valence electrons. The molecule has 1 atom stereocenters. The number of nitrogens with zero attached hydrogens (tertiary/aromatic N) is 3. The molecule has 1 aromatic heterocycles. The molecule has 0 spiro atoms. The molecule has 1 amide bonds. The zero-order chi connectivity index (χ0) is 13.4. The number of amides is 1. The Morgan fingerprint density at radius 2 is 2.39 bits per heavy atom. The van der Waals surface area contributed by atoms with Gasteiger partial charge in [-0.15, -0.1) is 0 Å². The highest BCUT2D eigenvalue weighted by Crippen LogP contribution is 1.94. The van der Waals surface area contributed by atoms with Crippen molar-refractivity contribution in [3.63, 3.8) is 0 Å². The Morgan fingerprint density at radius 3 is 3.06 bits per heavy atom. The smallest absolute Gasteiger partial charge is 0.236 e. The van der Waals surface area contributed by atoms with Crippen LogP contribution in [0.2, 0.25) is 0 Å². The lowest BCUT2D eigenvalue weighted by molar-refractivity contribution is -0.123. The van der Waals surface area contributed by atoms with Crippen LogP contribution in [0.25, 0.3) is 0 Å². The lowest BCUT2D eigenvalue weighted by Crippen LogP contribution is -2.43. The Hall–Kier alpha value is -1.47. The van der Waals surface area contributed by atoms with Crippen LogP contribution in [0.5, 0.6) is 0 Å². The van der Waals surface area contributed by atoms with Gasteiger partial charge in [-0.1, -0.05) is 0 Å². The van der Waals surface area contributed by atoms with Gasteiger partial charge in [-0.3, -0.25) is 10.1 Å². The van der Waals surface area contributed by atoms with Gasteiger partial charge in [0.25, 0.3) is 0 Å². The van der Waals surface area contributed by atoms with Crippen LogP contribution in [0, 0.1) is 0 Å². The molecule has 0 bridgehead atoms. The summed E-state index contributed by atoms with van der Waals surface area (Å²) in [6.45, 7) is 6.14. The Kier molecular flexibility index (Phi) is 6.31. The summed E-state index contributed by atoms with van der Waals surface area (Å²) in [7, 11) is 1.60. The topological polar surface area (TPSA) is 81.1 Å². The van der Waals surface area contributed by atoms with Crippen LogP contribution in [0.3, 0.4) is 0 Å². The van der Waals surface area contributed by atoms with Crippen molar-refractivity contribution in [3.05, 3.63) is 12.2 Å². The van der Waals surface area contributed by atoms with Gasteiger partial charge in [0.1, 0.15) is 12.2 Å². The fourth-order valence-corrected chi connectivity index (χ4v) is 1.46. The van der Waals surface area contributed by atoms with E-state index in [1.165, 1.54) is 6.33 Å². The molecular formula is C11H21N5O2. The fraction of sp³-hybridized carbons (Fsp3) is 0.727. The molecule has 0 aliphatic rings. The second-order valence-electron chi connectivity index (χ2n) is 3.88. The molecule has 0 aliphatic heterocycles. The van der Waals surface area contributed by atoms with E-state index in [0.29, 0.717) is 19.7 Å². The van der Waals surface area contributed by atoms with E-state index in [2.05, 4.69) is 20.7 Å².